The highest BCUT2D eigenvalue weighted by Gasteiger charge is 2.29. The molecule has 4 unspecified atom stereocenters. The van der Waals surface area contributed by atoms with Crippen molar-refractivity contribution < 1.29 is 29.4 Å². The minimum atomic E-state index is -1.25. The van der Waals surface area contributed by atoms with E-state index in [1.807, 2.05) is 13.8 Å². The molecule has 184 valence electrons. The van der Waals surface area contributed by atoms with Gasteiger partial charge in [-0.25, -0.2) is 4.79 Å². The summed E-state index contributed by atoms with van der Waals surface area (Å²) in [6.45, 7) is 3.27. The number of thiol groups is 1. The Morgan fingerprint density at radius 1 is 0.969 bits per heavy atom. The number of aliphatic hydroxyl groups excluding tert-OH is 1. The standard InChI is InChI=1S/C18H35N7O6S/c1-9(2)6-12(24-14(27)10(19)7-26)15(28)25-13(8-32)16(29)23-11(17(30)31)4-3-5-22-18(20)21/h9-13,26,32H,3-8,19H2,1-2H3,(H,23,29)(H,24,27)(H,25,28)(H,30,31)(H4,20,21,22). The molecule has 4 atom stereocenters. The van der Waals surface area contributed by atoms with Gasteiger partial charge >= 0.3 is 5.97 Å². The Bertz CT molecular complexity index is 672. The van der Waals surface area contributed by atoms with Gasteiger partial charge in [-0.3, -0.25) is 19.4 Å². The highest BCUT2D eigenvalue weighted by atomic mass is 32.1. The van der Waals surface area contributed by atoms with Crippen LogP contribution in [0.4, 0.5) is 0 Å². The molecule has 32 heavy (non-hydrogen) atoms. The summed E-state index contributed by atoms with van der Waals surface area (Å²) in [6, 6.07) is -4.57. The lowest BCUT2D eigenvalue weighted by Gasteiger charge is -2.25. The molecule has 3 amide bonds. The van der Waals surface area contributed by atoms with Crippen molar-refractivity contribution in [3.05, 3.63) is 0 Å². The van der Waals surface area contributed by atoms with Crippen LogP contribution in [0.1, 0.15) is 33.1 Å². The van der Waals surface area contributed by atoms with Crippen LogP contribution in [0.3, 0.4) is 0 Å². The molecule has 0 heterocycles. The summed E-state index contributed by atoms with van der Waals surface area (Å²) in [5, 5.41) is 25.6. The van der Waals surface area contributed by atoms with Gasteiger partial charge in [0.15, 0.2) is 5.96 Å². The molecule has 13 nitrogen and oxygen atoms in total. The van der Waals surface area contributed by atoms with Crippen molar-refractivity contribution in [1.82, 2.24) is 16.0 Å². The molecule has 0 bridgehead atoms. The topological polar surface area (TPSA) is 235 Å². The van der Waals surface area contributed by atoms with E-state index in [9.17, 15) is 24.3 Å². The number of carboxylic acid groups (broad SMARTS) is 1. The number of nitrogens with one attached hydrogen (secondary N) is 3. The molecule has 0 aromatic heterocycles. The maximum absolute atomic E-state index is 12.7. The third-order valence-electron chi connectivity index (χ3n) is 4.25. The molecule has 0 aromatic carbocycles. The zero-order valence-electron chi connectivity index (χ0n) is 18.3. The molecule has 0 aromatic rings. The molecule has 0 spiro atoms. The summed E-state index contributed by atoms with van der Waals surface area (Å²) in [6.07, 6.45) is 0.621. The molecular formula is C18H35N7O6S. The average Bonchev–Trinajstić information content (AvgIpc) is 2.71. The Labute approximate surface area is 192 Å². The number of aliphatic imine (C=N–C) groups is 1. The Morgan fingerprint density at radius 2 is 1.50 bits per heavy atom. The number of guanidine groups is 1. The lowest BCUT2D eigenvalue weighted by atomic mass is 10.0. The van der Waals surface area contributed by atoms with E-state index in [2.05, 4.69) is 33.6 Å². The van der Waals surface area contributed by atoms with Crippen LogP contribution >= 0.6 is 12.6 Å². The molecule has 0 fully saturated rings. The number of aliphatic carboxylic acids is 1. The van der Waals surface area contributed by atoms with Crippen molar-refractivity contribution in [2.45, 2.75) is 57.3 Å². The van der Waals surface area contributed by atoms with Crippen LogP contribution in [0.2, 0.25) is 0 Å². The van der Waals surface area contributed by atoms with E-state index < -0.39 is 54.5 Å². The van der Waals surface area contributed by atoms with Gasteiger partial charge < -0.3 is 43.4 Å². The number of aliphatic hydroxyl groups is 1. The molecule has 0 radical (unpaired) electrons. The quantitative estimate of drug-likeness (QED) is 0.0501. The Morgan fingerprint density at radius 3 is 1.97 bits per heavy atom. The fourth-order valence-corrected chi connectivity index (χ4v) is 2.82. The van der Waals surface area contributed by atoms with Gasteiger partial charge in [0.25, 0.3) is 0 Å². The van der Waals surface area contributed by atoms with Crippen molar-refractivity contribution in [1.29, 1.82) is 0 Å². The lowest BCUT2D eigenvalue weighted by Crippen LogP contribution is -2.58. The zero-order valence-corrected chi connectivity index (χ0v) is 19.2. The van der Waals surface area contributed by atoms with E-state index in [0.717, 1.165) is 0 Å². The third kappa shape index (κ3) is 11.7. The van der Waals surface area contributed by atoms with Crippen molar-refractivity contribution >= 4 is 42.3 Å². The molecule has 0 rings (SSSR count). The van der Waals surface area contributed by atoms with E-state index >= 15 is 0 Å². The second-order valence-corrected chi connectivity index (χ2v) is 7.94. The van der Waals surface area contributed by atoms with Crippen LogP contribution in [0.5, 0.6) is 0 Å². The molecule has 0 saturated heterocycles. The summed E-state index contributed by atoms with van der Waals surface area (Å²) in [5.41, 5.74) is 15.9. The highest BCUT2D eigenvalue weighted by Crippen LogP contribution is 2.07. The first-order valence-corrected chi connectivity index (χ1v) is 10.7. The zero-order chi connectivity index (χ0) is 24.8. The van der Waals surface area contributed by atoms with Crippen LogP contribution in [-0.4, -0.2) is 82.9 Å². The molecule has 0 aliphatic carbocycles. The highest BCUT2D eigenvalue weighted by molar-refractivity contribution is 7.80. The average molecular weight is 478 g/mol. The predicted molar refractivity (Wildman–Crippen MR) is 122 cm³/mol. The SMILES string of the molecule is CC(C)CC(NC(=O)C(N)CO)C(=O)NC(CS)C(=O)NC(CCCN=C(N)N)C(=O)O. The van der Waals surface area contributed by atoms with Crippen LogP contribution in [0.25, 0.3) is 0 Å². The number of carbonyl (C=O) groups is 4. The van der Waals surface area contributed by atoms with Gasteiger partial charge in [-0.05, 0) is 25.2 Å². The normalized spacial score (nSPS) is 14.6. The van der Waals surface area contributed by atoms with Crippen molar-refractivity contribution in [2.24, 2.45) is 28.1 Å². The fraction of sp³-hybridized carbons (Fsp3) is 0.722. The maximum Gasteiger partial charge on any atom is 0.326 e. The van der Waals surface area contributed by atoms with Gasteiger partial charge in [0.2, 0.25) is 17.7 Å². The second kappa shape index (κ2) is 15.3. The van der Waals surface area contributed by atoms with Crippen molar-refractivity contribution in [3.63, 3.8) is 0 Å². The van der Waals surface area contributed by atoms with Crippen LogP contribution in [-0.2, 0) is 19.2 Å². The van der Waals surface area contributed by atoms with E-state index in [-0.39, 0.29) is 37.0 Å². The molecule has 11 N–H and O–H groups in total. The van der Waals surface area contributed by atoms with Gasteiger partial charge in [-0.2, -0.15) is 12.6 Å². The van der Waals surface area contributed by atoms with Crippen LogP contribution in [0.15, 0.2) is 4.99 Å². The van der Waals surface area contributed by atoms with E-state index in [1.165, 1.54) is 0 Å². The van der Waals surface area contributed by atoms with Gasteiger partial charge in [0.1, 0.15) is 24.2 Å². The smallest absolute Gasteiger partial charge is 0.326 e. The van der Waals surface area contributed by atoms with Crippen LogP contribution < -0.4 is 33.2 Å². The first-order valence-electron chi connectivity index (χ1n) is 10.1. The first kappa shape index (κ1) is 29.4. The Hall–Kier alpha value is -2.58. The number of nitrogens with two attached hydrogens (primary N) is 3. The largest absolute Gasteiger partial charge is 0.480 e. The number of nitrogens with zero attached hydrogens (tertiary/aromatic N) is 1. The van der Waals surface area contributed by atoms with Gasteiger partial charge in [-0.1, -0.05) is 13.8 Å². The van der Waals surface area contributed by atoms with E-state index in [0.29, 0.717) is 6.42 Å². The third-order valence-corrected chi connectivity index (χ3v) is 4.61. The lowest BCUT2D eigenvalue weighted by molar-refractivity contribution is -0.142. The second-order valence-electron chi connectivity index (χ2n) is 7.57. The van der Waals surface area contributed by atoms with Gasteiger partial charge in [-0.15, -0.1) is 0 Å². The maximum atomic E-state index is 12.7. The predicted octanol–water partition coefficient (Wildman–Crippen LogP) is -3.13. The fourth-order valence-electron chi connectivity index (χ4n) is 2.56. The number of rotatable bonds is 15. The van der Waals surface area contributed by atoms with E-state index in [1.54, 1.807) is 0 Å². The number of carboxylic acids is 1. The summed E-state index contributed by atoms with van der Waals surface area (Å²) >= 11 is 4.06. The minimum Gasteiger partial charge on any atom is -0.480 e. The van der Waals surface area contributed by atoms with Crippen molar-refractivity contribution in [3.8, 4) is 0 Å². The summed E-state index contributed by atoms with van der Waals surface area (Å²) in [5.74, 6) is -3.60. The van der Waals surface area contributed by atoms with Gasteiger partial charge in [0.05, 0.1) is 6.61 Å². The molecule has 0 saturated carbocycles. The van der Waals surface area contributed by atoms with Gasteiger partial charge in [0, 0.05) is 12.3 Å². The Balaban J connectivity index is 5.13. The summed E-state index contributed by atoms with van der Waals surface area (Å²) in [7, 11) is 0. The van der Waals surface area contributed by atoms with Crippen LogP contribution in [0, 0.1) is 5.92 Å². The minimum absolute atomic E-state index is 0.0151. The number of carbonyl (C=O) groups excluding carboxylic acids is 3. The van der Waals surface area contributed by atoms with Crippen molar-refractivity contribution in [2.75, 3.05) is 18.9 Å². The molecule has 0 aliphatic heterocycles. The number of hydrogen-bond donors (Lipinski definition) is 9. The molecular weight excluding hydrogens is 442 g/mol. The van der Waals surface area contributed by atoms with E-state index in [4.69, 9.17) is 22.3 Å². The monoisotopic (exact) mass is 477 g/mol. The molecule has 14 heteroatoms. The number of hydrogen-bond acceptors (Lipinski definition) is 8. The first-order chi connectivity index (χ1) is 14.9. The summed E-state index contributed by atoms with van der Waals surface area (Å²) < 4.78 is 0. The Kier molecular flexibility index (Phi) is 14.0. The molecule has 0 aliphatic rings. The summed E-state index contributed by atoms with van der Waals surface area (Å²) in [4.78, 5) is 52.4. The number of amides is 3.